The molecule has 0 heterocycles. The number of halogens is 1. The Morgan fingerprint density at radius 3 is 2.55 bits per heavy atom. The molecule has 0 aliphatic rings. The third kappa shape index (κ3) is 4.45. The zero-order valence-corrected chi connectivity index (χ0v) is 12.6. The average Bonchev–Trinajstić information content (AvgIpc) is 2.39. The normalized spacial score (nSPS) is 10.2. The molecule has 1 aromatic carbocycles. The van der Waals surface area contributed by atoms with E-state index in [1.54, 1.807) is 11.0 Å². The van der Waals surface area contributed by atoms with Crippen molar-refractivity contribution in [3.8, 4) is 0 Å². The van der Waals surface area contributed by atoms with Crippen molar-refractivity contribution in [2.24, 2.45) is 5.73 Å². The van der Waals surface area contributed by atoms with Gasteiger partial charge in [0.15, 0.2) is 0 Å². The number of nitrogens with zero attached hydrogens (tertiary/aromatic N) is 1. The number of nitrogens with one attached hydrogen (secondary N) is 1. The van der Waals surface area contributed by atoms with Gasteiger partial charge in [-0.1, -0.05) is 12.2 Å². The summed E-state index contributed by atoms with van der Waals surface area (Å²) < 4.78 is 13.6. The van der Waals surface area contributed by atoms with Gasteiger partial charge in [0.1, 0.15) is 10.8 Å². The van der Waals surface area contributed by atoms with E-state index >= 15 is 0 Å². The Morgan fingerprint density at radius 2 is 2.05 bits per heavy atom. The lowest BCUT2D eigenvalue weighted by atomic mass is 10.2. The summed E-state index contributed by atoms with van der Waals surface area (Å²) in [6.45, 7) is 5.75. The van der Waals surface area contributed by atoms with Crippen LogP contribution in [0.25, 0.3) is 0 Å². The highest BCUT2D eigenvalue weighted by atomic mass is 32.1. The molecular formula is C14H20FN3OS. The molecule has 0 saturated heterocycles. The SMILES string of the molecule is CCN(CC)C(=O)CCNc1ccc(C(N)=S)c(F)c1. The van der Waals surface area contributed by atoms with E-state index in [1.807, 2.05) is 13.8 Å². The fraction of sp³-hybridized carbons (Fsp3) is 0.429. The highest BCUT2D eigenvalue weighted by molar-refractivity contribution is 7.80. The molecule has 1 rings (SSSR count). The minimum Gasteiger partial charge on any atom is -0.389 e. The van der Waals surface area contributed by atoms with Gasteiger partial charge in [0.25, 0.3) is 0 Å². The Labute approximate surface area is 124 Å². The predicted molar refractivity (Wildman–Crippen MR) is 83.3 cm³/mol. The first-order valence-corrected chi connectivity index (χ1v) is 7.01. The van der Waals surface area contributed by atoms with Gasteiger partial charge in [-0.15, -0.1) is 0 Å². The van der Waals surface area contributed by atoms with E-state index in [0.717, 1.165) is 0 Å². The number of rotatable bonds is 7. The summed E-state index contributed by atoms with van der Waals surface area (Å²) >= 11 is 4.74. The summed E-state index contributed by atoms with van der Waals surface area (Å²) in [6.07, 6.45) is 0.375. The lowest BCUT2D eigenvalue weighted by molar-refractivity contribution is -0.130. The van der Waals surface area contributed by atoms with E-state index in [-0.39, 0.29) is 16.5 Å². The standard InChI is InChI=1S/C14H20FN3OS/c1-3-18(4-2)13(19)7-8-17-10-5-6-11(14(16)20)12(15)9-10/h5-6,9,17H,3-4,7-8H2,1-2H3,(H2,16,20). The van der Waals surface area contributed by atoms with Crippen molar-refractivity contribution < 1.29 is 9.18 Å². The monoisotopic (exact) mass is 297 g/mol. The van der Waals surface area contributed by atoms with Gasteiger partial charge in [0, 0.05) is 37.3 Å². The molecule has 0 radical (unpaired) electrons. The lowest BCUT2D eigenvalue weighted by Crippen LogP contribution is -2.31. The Bertz CT molecular complexity index is 489. The fourth-order valence-corrected chi connectivity index (χ4v) is 2.04. The number of carbonyl (C=O) groups excluding carboxylic acids is 1. The largest absolute Gasteiger partial charge is 0.389 e. The van der Waals surface area contributed by atoms with Crippen molar-refractivity contribution in [2.75, 3.05) is 25.0 Å². The number of amides is 1. The van der Waals surface area contributed by atoms with Crippen molar-refractivity contribution in [1.82, 2.24) is 4.90 Å². The maximum atomic E-state index is 13.6. The molecule has 0 aliphatic heterocycles. The Morgan fingerprint density at radius 1 is 1.40 bits per heavy atom. The highest BCUT2D eigenvalue weighted by Gasteiger charge is 2.09. The summed E-state index contributed by atoms with van der Waals surface area (Å²) in [5.74, 6) is -0.375. The number of hydrogen-bond acceptors (Lipinski definition) is 3. The van der Waals surface area contributed by atoms with Crippen molar-refractivity contribution in [3.05, 3.63) is 29.6 Å². The van der Waals surface area contributed by atoms with Gasteiger partial charge in [-0.2, -0.15) is 0 Å². The number of carbonyl (C=O) groups is 1. The maximum absolute atomic E-state index is 13.6. The summed E-state index contributed by atoms with van der Waals surface area (Å²) in [5, 5.41) is 3.01. The molecule has 0 atom stereocenters. The molecule has 0 aliphatic carbocycles. The van der Waals surface area contributed by atoms with E-state index in [0.29, 0.717) is 31.7 Å². The minimum absolute atomic E-state index is 0.0331. The van der Waals surface area contributed by atoms with Crippen LogP contribution in [0, 0.1) is 5.82 Å². The second-order valence-electron chi connectivity index (χ2n) is 4.30. The second kappa shape index (κ2) is 7.79. The van der Waals surface area contributed by atoms with Crippen molar-refractivity contribution in [2.45, 2.75) is 20.3 Å². The molecule has 0 unspecified atom stereocenters. The van der Waals surface area contributed by atoms with Crippen LogP contribution in [0.4, 0.5) is 10.1 Å². The first-order chi connectivity index (χ1) is 9.49. The summed E-state index contributed by atoms with van der Waals surface area (Å²) in [7, 11) is 0. The van der Waals surface area contributed by atoms with E-state index in [9.17, 15) is 9.18 Å². The van der Waals surface area contributed by atoms with Crippen molar-refractivity contribution >= 4 is 28.8 Å². The number of thiocarbonyl (C=S) groups is 1. The van der Waals surface area contributed by atoms with Crippen LogP contribution in [0.1, 0.15) is 25.8 Å². The van der Waals surface area contributed by atoms with Gasteiger partial charge >= 0.3 is 0 Å². The molecule has 20 heavy (non-hydrogen) atoms. The van der Waals surface area contributed by atoms with Crippen LogP contribution in [0.15, 0.2) is 18.2 Å². The third-order valence-electron chi connectivity index (χ3n) is 3.02. The van der Waals surface area contributed by atoms with Crippen molar-refractivity contribution in [1.29, 1.82) is 0 Å². The molecule has 0 bridgehead atoms. The minimum atomic E-state index is -0.461. The molecule has 1 aromatic rings. The summed E-state index contributed by atoms with van der Waals surface area (Å²) in [5.41, 5.74) is 6.22. The quantitative estimate of drug-likeness (QED) is 0.757. The van der Waals surface area contributed by atoms with Gasteiger partial charge in [0.2, 0.25) is 5.91 Å². The van der Waals surface area contributed by atoms with Crippen LogP contribution in [0.3, 0.4) is 0 Å². The lowest BCUT2D eigenvalue weighted by Gasteiger charge is -2.18. The topological polar surface area (TPSA) is 58.4 Å². The molecule has 0 spiro atoms. The molecule has 0 aromatic heterocycles. The third-order valence-corrected chi connectivity index (χ3v) is 3.24. The first-order valence-electron chi connectivity index (χ1n) is 6.60. The van der Waals surface area contributed by atoms with Gasteiger partial charge < -0.3 is 16.0 Å². The predicted octanol–water partition coefficient (Wildman–Crippen LogP) is 2.13. The smallest absolute Gasteiger partial charge is 0.224 e. The summed E-state index contributed by atoms with van der Waals surface area (Å²) in [6, 6.07) is 4.56. The van der Waals surface area contributed by atoms with E-state index in [4.69, 9.17) is 18.0 Å². The van der Waals surface area contributed by atoms with Gasteiger partial charge in [-0.05, 0) is 32.0 Å². The molecule has 0 fully saturated rings. The van der Waals surface area contributed by atoms with Crippen LogP contribution in [0.5, 0.6) is 0 Å². The van der Waals surface area contributed by atoms with E-state index < -0.39 is 5.82 Å². The number of anilines is 1. The van der Waals surface area contributed by atoms with Gasteiger partial charge in [-0.3, -0.25) is 4.79 Å². The van der Waals surface area contributed by atoms with E-state index in [1.165, 1.54) is 12.1 Å². The zero-order chi connectivity index (χ0) is 15.1. The van der Waals surface area contributed by atoms with Gasteiger partial charge in [0.05, 0.1) is 0 Å². The van der Waals surface area contributed by atoms with Crippen LogP contribution in [0.2, 0.25) is 0 Å². The van der Waals surface area contributed by atoms with Crippen LogP contribution < -0.4 is 11.1 Å². The maximum Gasteiger partial charge on any atom is 0.224 e. The molecule has 4 nitrogen and oxygen atoms in total. The highest BCUT2D eigenvalue weighted by Crippen LogP contribution is 2.14. The molecule has 0 saturated carbocycles. The molecular weight excluding hydrogens is 277 g/mol. The first kappa shape index (κ1) is 16.4. The number of nitrogens with two attached hydrogens (primary N) is 1. The van der Waals surface area contributed by atoms with E-state index in [2.05, 4.69) is 5.32 Å². The number of benzene rings is 1. The molecule has 1 amide bonds. The zero-order valence-electron chi connectivity index (χ0n) is 11.8. The Hall–Kier alpha value is -1.69. The second-order valence-corrected chi connectivity index (χ2v) is 4.74. The Balaban J connectivity index is 2.53. The molecule has 110 valence electrons. The van der Waals surface area contributed by atoms with Crippen molar-refractivity contribution in [3.63, 3.8) is 0 Å². The van der Waals surface area contributed by atoms with Crippen LogP contribution in [-0.2, 0) is 4.79 Å². The Kier molecular flexibility index (Phi) is 6.38. The average molecular weight is 297 g/mol. The fourth-order valence-electron chi connectivity index (χ4n) is 1.87. The molecule has 3 N–H and O–H groups in total. The van der Waals surface area contributed by atoms with Crippen LogP contribution >= 0.6 is 12.2 Å². The number of hydrogen-bond donors (Lipinski definition) is 2. The summed E-state index contributed by atoms with van der Waals surface area (Å²) in [4.78, 5) is 13.6. The van der Waals surface area contributed by atoms with Crippen LogP contribution in [-0.4, -0.2) is 35.4 Å². The van der Waals surface area contributed by atoms with Gasteiger partial charge in [-0.25, -0.2) is 4.39 Å². The molecule has 6 heteroatoms.